The van der Waals surface area contributed by atoms with E-state index in [2.05, 4.69) is 62.4 Å². The van der Waals surface area contributed by atoms with Crippen LogP contribution in [0.3, 0.4) is 0 Å². The monoisotopic (exact) mass is 606 g/mol. The number of halogens is 2. The van der Waals surface area contributed by atoms with E-state index in [4.69, 9.17) is 0 Å². The van der Waals surface area contributed by atoms with E-state index < -0.39 is 0 Å². The van der Waals surface area contributed by atoms with Crippen molar-refractivity contribution in [3.8, 4) is 0 Å². The van der Waals surface area contributed by atoms with Gasteiger partial charge in [-0.2, -0.15) is 12.1 Å². The molecule has 3 aliphatic carbocycles. The Bertz CT molecular complexity index is 853. The van der Waals surface area contributed by atoms with Crippen molar-refractivity contribution in [1.82, 2.24) is 0 Å². The molecule has 0 bridgehead atoms. The molecule has 190 valence electrons. The predicted molar refractivity (Wildman–Crippen MR) is 144 cm³/mol. The molecule has 0 aromatic heterocycles. The summed E-state index contributed by atoms with van der Waals surface area (Å²) in [7, 11) is 0.0611. The summed E-state index contributed by atoms with van der Waals surface area (Å²) in [4.78, 5) is 0. The summed E-state index contributed by atoms with van der Waals surface area (Å²) < 4.78 is 0. The van der Waals surface area contributed by atoms with Gasteiger partial charge in [0.1, 0.15) is 0 Å². The molecule has 5 rings (SSSR count). The van der Waals surface area contributed by atoms with Gasteiger partial charge >= 0.3 is 26.2 Å². The van der Waals surface area contributed by atoms with Gasteiger partial charge in [0.2, 0.25) is 0 Å². The molecular weight excluding hydrogens is 565 g/mol. The Morgan fingerprint density at radius 3 is 2.03 bits per heavy atom. The van der Waals surface area contributed by atoms with Crippen LogP contribution in [0, 0.1) is 6.08 Å². The van der Waals surface area contributed by atoms with Crippen LogP contribution in [0.2, 0.25) is 0 Å². The maximum atomic E-state index is 3.37. The van der Waals surface area contributed by atoms with Crippen molar-refractivity contribution in [3.63, 3.8) is 0 Å². The minimum atomic E-state index is 0. The van der Waals surface area contributed by atoms with Gasteiger partial charge in [-0.15, -0.1) is 53.7 Å². The van der Waals surface area contributed by atoms with Gasteiger partial charge in [-0.05, 0) is 37.0 Å². The van der Waals surface area contributed by atoms with Gasteiger partial charge in [-0.25, -0.2) is 11.1 Å². The van der Waals surface area contributed by atoms with Crippen LogP contribution < -0.4 is 30.1 Å². The van der Waals surface area contributed by atoms with Crippen molar-refractivity contribution >= 4 is 24.0 Å². The SMILES string of the molecule is CCCCC1=[C-]CC=C1C.[Cl-].[Cl-].[Zr+4].c1ccc2[cH-]c(P(C3CCCCC3)C3CCCCC3)cc2c1. The number of rotatable bonds is 6. The van der Waals surface area contributed by atoms with Gasteiger partial charge in [-0.1, -0.05) is 78.7 Å². The van der Waals surface area contributed by atoms with Crippen LogP contribution in [0.25, 0.3) is 10.8 Å². The largest absolute Gasteiger partial charge is 4.00 e. The molecule has 2 aromatic carbocycles. The zero-order valence-corrected chi connectivity index (χ0v) is 26.7. The maximum absolute atomic E-state index is 3.37. The molecule has 0 spiro atoms. The van der Waals surface area contributed by atoms with Crippen molar-refractivity contribution in [1.29, 1.82) is 0 Å². The van der Waals surface area contributed by atoms with E-state index in [9.17, 15) is 0 Å². The second-order valence-electron chi connectivity index (χ2n) is 10.2. The van der Waals surface area contributed by atoms with Crippen LogP contribution in [0.5, 0.6) is 0 Å². The first-order chi connectivity index (χ1) is 15.8. The second-order valence-corrected chi connectivity index (χ2v) is 13.0. The quantitative estimate of drug-likeness (QED) is 0.348. The molecule has 4 heteroatoms. The van der Waals surface area contributed by atoms with Gasteiger partial charge in [0, 0.05) is 0 Å². The molecule has 2 saturated carbocycles. The fourth-order valence-corrected chi connectivity index (χ4v) is 9.81. The zero-order chi connectivity index (χ0) is 22.2. The van der Waals surface area contributed by atoms with Gasteiger partial charge in [0.05, 0.1) is 0 Å². The summed E-state index contributed by atoms with van der Waals surface area (Å²) in [6, 6.07) is 14.1. The Balaban J connectivity index is 0.000000407. The smallest absolute Gasteiger partial charge is 1.00 e. The zero-order valence-electron chi connectivity index (χ0n) is 21.8. The first kappa shape index (κ1) is 33.2. The Morgan fingerprint density at radius 2 is 1.51 bits per heavy atom. The van der Waals surface area contributed by atoms with Crippen LogP contribution in [0.15, 0.2) is 53.6 Å². The van der Waals surface area contributed by atoms with Crippen LogP contribution in [-0.4, -0.2) is 11.3 Å². The topological polar surface area (TPSA) is 0 Å². The normalized spacial score (nSPS) is 18.5. The van der Waals surface area contributed by atoms with Crippen LogP contribution >= 0.6 is 7.92 Å². The molecule has 2 fully saturated rings. The number of hydrogen-bond acceptors (Lipinski definition) is 0. The van der Waals surface area contributed by atoms with E-state index in [1.165, 1.54) is 105 Å². The summed E-state index contributed by atoms with van der Waals surface area (Å²) >= 11 is 0. The average molecular weight is 609 g/mol. The molecule has 0 nitrogen and oxygen atoms in total. The summed E-state index contributed by atoms with van der Waals surface area (Å²) in [6.45, 7) is 4.42. The van der Waals surface area contributed by atoms with Gasteiger partial charge in [-0.3, -0.25) is 6.08 Å². The third-order valence-corrected chi connectivity index (χ3v) is 11.3. The number of allylic oxidation sites excluding steroid dienone is 4. The Kier molecular flexibility index (Phi) is 16.8. The van der Waals surface area contributed by atoms with E-state index in [-0.39, 0.29) is 58.9 Å². The second kappa shape index (κ2) is 17.7. The summed E-state index contributed by atoms with van der Waals surface area (Å²) in [5, 5.41) is 4.67. The van der Waals surface area contributed by atoms with Crippen molar-refractivity contribution in [2.24, 2.45) is 0 Å². The van der Waals surface area contributed by atoms with Crippen LogP contribution in [-0.2, 0) is 26.2 Å². The molecule has 35 heavy (non-hydrogen) atoms. The number of fused-ring (bicyclic) bond motifs is 1. The van der Waals surface area contributed by atoms with Crippen molar-refractivity contribution in [3.05, 3.63) is 59.7 Å². The van der Waals surface area contributed by atoms with E-state index >= 15 is 0 Å². The third-order valence-electron chi connectivity index (χ3n) is 7.82. The fourth-order valence-electron chi connectivity index (χ4n) is 5.95. The molecule has 0 N–H and O–H groups in total. The molecule has 0 amide bonds. The summed E-state index contributed by atoms with van der Waals surface area (Å²) in [5.41, 5.74) is 4.95. The first-order valence-electron chi connectivity index (χ1n) is 13.5. The summed E-state index contributed by atoms with van der Waals surface area (Å²) in [5.74, 6) is 0. The minimum absolute atomic E-state index is 0. The van der Waals surface area contributed by atoms with Crippen LogP contribution in [0.1, 0.15) is 104 Å². The Morgan fingerprint density at radius 1 is 0.914 bits per heavy atom. The molecule has 0 saturated heterocycles. The van der Waals surface area contributed by atoms with Crippen LogP contribution in [0.4, 0.5) is 0 Å². The van der Waals surface area contributed by atoms with E-state index in [0.29, 0.717) is 0 Å². The average Bonchev–Trinajstić information content (AvgIpc) is 3.45. The van der Waals surface area contributed by atoms with E-state index in [1.54, 1.807) is 5.30 Å². The minimum Gasteiger partial charge on any atom is -1.00 e. The molecule has 0 heterocycles. The molecule has 0 atom stereocenters. The summed E-state index contributed by atoms with van der Waals surface area (Å²) in [6.07, 6.45) is 25.4. The Labute approximate surface area is 248 Å². The van der Waals surface area contributed by atoms with Crippen molar-refractivity contribution in [2.75, 3.05) is 0 Å². The molecule has 2 aromatic rings. The first-order valence-corrected chi connectivity index (χ1v) is 14.9. The maximum Gasteiger partial charge on any atom is 4.00 e. The molecular formula is C31H43Cl2PZr. The molecule has 3 aliphatic rings. The number of hydrogen-bond donors (Lipinski definition) is 0. The standard InChI is InChI=1S/C21H28P.C10H15.2ClH.Zr/c1-3-11-19(12-4-1)22(20-13-5-2-6-14-20)21-15-17-9-7-8-10-18(17)16-21;1-3-4-7-10-8-5-6-9(10)2;;;/h7-10,15-16,19-20H,1-6,11-14H2;6H,3-5,7H2,1-2H3;2*1H;/q2*-1;;;+4/p-2. The van der Waals surface area contributed by atoms with E-state index in [1.807, 2.05) is 0 Å². The fraction of sp³-hybridized carbons (Fsp3) is 0.581. The molecule has 0 unspecified atom stereocenters. The van der Waals surface area contributed by atoms with Crippen molar-refractivity contribution < 1.29 is 51.0 Å². The van der Waals surface area contributed by atoms with Crippen molar-refractivity contribution in [2.45, 2.75) is 115 Å². The van der Waals surface area contributed by atoms with Gasteiger partial charge in [0.25, 0.3) is 0 Å². The predicted octanol–water partition coefficient (Wildman–Crippen LogP) is 3.59. The molecule has 0 aliphatic heterocycles. The number of benzene rings is 1. The third kappa shape index (κ3) is 9.47. The number of unbranched alkanes of at least 4 members (excludes halogenated alkanes) is 1. The van der Waals surface area contributed by atoms with Gasteiger partial charge in [0.15, 0.2) is 0 Å². The molecule has 0 radical (unpaired) electrons. The van der Waals surface area contributed by atoms with Gasteiger partial charge < -0.3 is 24.8 Å². The Hall–Kier alpha value is 0.203. The van der Waals surface area contributed by atoms with E-state index in [0.717, 1.165) is 17.7 Å².